The molecule has 2 heterocycles. The quantitative estimate of drug-likeness (QED) is 0.607. The molecular weight excluding hydrogens is 156 g/mol. The molecule has 12 heavy (non-hydrogen) atoms. The first-order valence-corrected chi connectivity index (χ1v) is 3.36. The molecule has 5 nitrogen and oxygen atoms in total. The van der Waals surface area contributed by atoms with Crippen LogP contribution in [-0.2, 0) is 0 Å². The van der Waals surface area contributed by atoms with Crippen LogP contribution in [0.1, 0.15) is 0 Å². The third-order valence-electron chi connectivity index (χ3n) is 1.59. The molecule has 5 heteroatoms. The zero-order valence-corrected chi connectivity index (χ0v) is 6.14. The van der Waals surface area contributed by atoms with Crippen molar-refractivity contribution in [1.82, 2.24) is 14.5 Å². The molecule has 2 aromatic heterocycles. The maximum Gasteiger partial charge on any atom is 0.324 e. The summed E-state index contributed by atoms with van der Waals surface area (Å²) in [6.07, 6.45) is 4.57. The third-order valence-corrected chi connectivity index (χ3v) is 1.59. The second-order valence-electron chi connectivity index (χ2n) is 2.33. The summed E-state index contributed by atoms with van der Waals surface area (Å²) < 4.78 is 1.27. The van der Waals surface area contributed by atoms with E-state index < -0.39 is 6.03 Å². The highest BCUT2D eigenvalue weighted by atomic mass is 16.2. The summed E-state index contributed by atoms with van der Waals surface area (Å²) in [7, 11) is 0. The summed E-state index contributed by atoms with van der Waals surface area (Å²) >= 11 is 0. The predicted molar refractivity (Wildman–Crippen MR) is 42.5 cm³/mol. The highest BCUT2D eigenvalue weighted by Gasteiger charge is 2.04. The molecule has 1 amide bonds. The number of nitrogens with zero attached hydrogens (tertiary/aromatic N) is 3. The Balaban J connectivity index is 2.79. The van der Waals surface area contributed by atoms with Crippen molar-refractivity contribution >= 4 is 17.1 Å². The number of carbonyl (C=O) groups is 1. The fraction of sp³-hybridized carbons (Fsp3) is 0. The molecule has 60 valence electrons. The summed E-state index contributed by atoms with van der Waals surface area (Å²) in [6, 6.07) is 1.20. The molecule has 0 bridgehead atoms. The maximum atomic E-state index is 10.8. The molecule has 0 fully saturated rings. The summed E-state index contributed by atoms with van der Waals surface area (Å²) in [4.78, 5) is 18.5. The number of hydrogen-bond donors (Lipinski definition) is 1. The molecule has 0 saturated carbocycles. The fourth-order valence-corrected chi connectivity index (χ4v) is 1.06. The van der Waals surface area contributed by atoms with Crippen LogP contribution in [0.2, 0.25) is 0 Å². The van der Waals surface area contributed by atoms with Gasteiger partial charge in [0, 0.05) is 17.8 Å². The van der Waals surface area contributed by atoms with E-state index in [4.69, 9.17) is 5.73 Å². The van der Waals surface area contributed by atoms with Crippen LogP contribution < -0.4 is 5.73 Å². The molecule has 0 atom stereocenters. The Morgan fingerprint density at radius 3 is 3.17 bits per heavy atom. The van der Waals surface area contributed by atoms with Gasteiger partial charge in [-0.1, -0.05) is 0 Å². The van der Waals surface area contributed by atoms with E-state index in [1.54, 1.807) is 18.5 Å². The first kappa shape index (κ1) is 6.78. The van der Waals surface area contributed by atoms with Crippen molar-refractivity contribution in [2.75, 3.05) is 0 Å². The lowest BCUT2D eigenvalue weighted by Gasteiger charge is -1.95. The van der Waals surface area contributed by atoms with E-state index >= 15 is 0 Å². The van der Waals surface area contributed by atoms with Crippen molar-refractivity contribution in [1.29, 1.82) is 0 Å². The second kappa shape index (κ2) is 2.30. The number of primary amides is 1. The third kappa shape index (κ3) is 0.833. The minimum absolute atomic E-state index is 0.538. The second-order valence-corrected chi connectivity index (χ2v) is 2.33. The Bertz CT molecular complexity index is 434. The number of rotatable bonds is 0. The average molecular weight is 162 g/mol. The van der Waals surface area contributed by atoms with Crippen LogP contribution in [0.15, 0.2) is 24.8 Å². The lowest BCUT2D eigenvalue weighted by molar-refractivity contribution is 0.251. The molecule has 0 unspecified atom stereocenters. The average Bonchev–Trinajstić information content (AvgIpc) is 2.47. The van der Waals surface area contributed by atoms with Crippen LogP contribution in [0.3, 0.4) is 0 Å². The van der Waals surface area contributed by atoms with Gasteiger partial charge < -0.3 is 5.73 Å². The summed E-state index contributed by atoms with van der Waals surface area (Å²) in [5.74, 6) is 0. The maximum absolute atomic E-state index is 10.8. The number of carbonyl (C=O) groups excluding carboxylic acids is 1. The molecule has 0 aliphatic heterocycles. The van der Waals surface area contributed by atoms with E-state index in [1.807, 2.05) is 0 Å². The van der Waals surface area contributed by atoms with Gasteiger partial charge in [-0.2, -0.15) is 0 Å². The van der Waals surface area contributed by atoms with Gasteiger partial charge in [0.25, 0.3) is 0 Å². The van der Waals surface area contributed by atoms with Gasteiger partial charge in [0.15, 0.2) is 5.65 Å². The normalized spacial score (nSPS) is 10.3. The SMILES string of the molecule is NC(=O)n1ccc2cncnc21. The summed E-state index contributed by atoms with van der Waals surface area (Å²) in [6.45, 7) is 0. The molecule has 0 aliphatic rings. The first-order chi connectivity index (χ1) is 5.79. The number of aromatic nitrogens is 3. The summed E-state index contributed by atoms with van der Waals surface area (Å²) in [5, 5.41) is 0.802. The van der Waals surface area contributed by atoms with Gasteiger partial charge in [-0.05, 0) is 6.07 Å². The molecule has 2 aromatic rings. The molecule has 0 spiro atoms. The first-order valence-electron chi connectivity index (χ1n) is 3.36. The molecular formula is C7H6N4O. The van der Waals surface area contributed by atoms with Gasteiger partial charge in [-0.15, -0.1) is 0 Å². The lowest BCUT2D eigenvalue weighted by Crippen LogP contribution is -2.18. The number of fused-ring (bicyclic) bond motifs is 1. The minimum Gasteiger partial charge on any atom is -0.351 e. The minimum atomic E-state index is -0.538. The van der Waals surface area contributed by atoms with E-state index in [0.29, 0.717) is 5.65 Å². The Kier molecular flexibility index (Phi) is 1.30. The predicted octanol–water partition coefficient (Wildman–Crippen LogP) is 0.358. The van der Waals surface area contributed by atoms with Crippen molar-refractivity contribution in [2.45, 2.75) is 0 Å². The van der Waals surface area contributed by atoms with Gasteiger partial charge in [0.2, 0.25) is 0 Å². The lowest BCUT2D eigenvalue weighted by atomic mass is 10.4. The Labute approximate surface area is 67.8 Å². The van der Waals surface area contributed by atoms with Gasteiger partial charge >= 0.3 is 6.03 Å². The van der Waals surface area contributed by atoms with Crippen LogP contribution in [-0.4, -0.2) is 20.6 Å². The van der Waals surface area contributed by atoms with Crippen LogP contribution in [0.5, 0.6) is 0 Å². The van der Waals surface area contributed by atoms with Gasteiger partial charge in [0.1, 0.15) is 6.33 Å². The van der Waals surface area contributed by atoms with Crippen LogP contribution in [0.25, 0.3) is 11.0 Å². The molecule has 0 aromatic carbocycles. The molecule has 0 aliphatic carbocycles. The Morgan fingerprint density at radius 2 is 2.42 bits per heavy atom. The van der Waals surface area contributed by atoms with E-state index in [2.05, 4.69) is 9.97 Å². The monoisotopic (exact) mass is 162 g/mol. The largest absolute Gasteiger partial charge is 0.351 e. The molecule has 2 rings (SSSR count). The highest BCUT2D eigenvalue weighted by Crippen LogP contribution is 2.09. The van der Waals surface area contributed by atoms with Gasteiger partial charge in [0.05, 0.1) is 0 Å². The van der Waals surface area contributed by atoms with Crippen LogP contribution in [0, 0.1) is 0 Å². The number of amides is 1. The standard InChI is InChI=1S/C7H6N4O/c8-7(12)11-2-1-5-3-9-4-10-6(5)11/h1-4H,(H2,8,12). The fourth-order valence-electron chi connectivity index (χ4n) is 1.06. The number of nitrogens with two attached hydrogens (primary N) is 1. The van der Waals surface area contributed by atoms with Crippen molar-refractivity contribution in [3.05, 3.63) is 24.8 Å². The highest BCUT2D eigenvalue weighted by molar-refractivity contribution is 5.87. The van der Waals surface area contributed by atoms with Crippen LogP contribution in [0.4, 0.5) is 4.79 Å². The smallest absolute Gasteiger partial charge is 0.324 e. The topological polar surface area (TPSA) is 73.8 Å². The van der Waals surface area contributed by atoms with Crippen molar-refractivity contribution < 1.29 is 4.79 Å². The molecule has 0 saturated heterocycles. The van der Waals surface area contributed by atoms with Crippen molar-refractivity contribution in [3.8, 4) is 0 Å². The van der Waals surface area contributed by atoms with Crippen molar-refractivity contribution in [2.24, 2.45) is 5.73 Å². The van der Waals surface area contributed by atoms with Crippen molar-refractivity contribution in [3.63, 3.8) is 0 Å². The summed E-state index contributed by atoms with van der Waals surface area (Å²) in [5.41, 5.74) is 5.63. The van der Waals surface area contributed by atoms with E-state index in [9.17, 15) is 4.79 Å². The van der Waals surface area contributed by atoms with E-state index in [1.165, 1.54) is 10.9 Å². The molecule has 2 N–H and O–H groups in total. The van der Waals surface area contributed by atoms with E-state index in [-0.39, 0.29) is 0 Å². The zero-order chi connectivity index (χ0) is 8.55. The van der Waals surface area contributed by atoms with E-state index in [0.717, 1.165) is 5.39 Å². The molecule has 0 radical (unpaired) electrons. The van der Waals surface area contributed by atoms with Crippen LogP contribution >= 0.6 is 0 Å². The number of hydrogen-bond acceptors (Lipinski definition) is 3. The Hall–Kier alpha value is -1.91. The zero-order valence-electron chi connectivity index (χ0n) is 6.14. The Morgan fingerprint density at radius 1 is 1.58 bits per heavy atom. The van der Waals surface area contributed by atoms with Gasteiger partial charge in [-0.3, -0.25) is 4.57 Å². The van der Waals surface area contributed by atoms with Gasteiger partial charge in [-0.25, -0.2) is 14.8 Å².